The number of ether oxygens (including phenoxy) is 1. The minimum atomic E-state index is -0.0694. The summed E-state index contributed by atoms with van der Waals surface area (Å²) in [6.07, 6.45) is 1.77. The summed E-state index contributed by atoms with van der Waals surface area (Å²) < 4.78 is 5.80. The summed E-state index contributed by atoms with van der Waals surface area (Å²) in [4.78, 5) is 19.2. The molecule has 1 aliphatic rings. The summed E-state index contributed by atoms with van der Waals surface area (Å²) in [5.74, 6) is 0.333. The average molecular weight is 470 g/mol. The van der Waals surface area contributed by atoms with Crippen molar-refractivity contribution in [3.05, 3.63) is 67.5 Å². The van der Waals surface area contributed by atoms with Crippen LogP contribution >= 0.6 is 46.6 Å². The normalized spacial score (nSPS) is 16.9. The molecule has 4 nitrogen and oxygen atoms in total. The van der Waals surface area contributed by atoms with E-state index in [2.05, 4.69) is 4.99 Å². The van der Waals surface area contributed by atoms with E-state index in [1.807, 2.05) is 26.0 Å². The van der Waals surface area contributed by atoms with E-state index in [4.69, 9.17) is 39.5 Å². The Balaban J connectivity index is 1.80. The van der Waals surface area contributed by atoms with E-state index in [0.29, 0.717) is 50.6 Å². The SMILES string of the molecule is CCN=C1S/C(=C\c2cc(Cl)c(OCc3ccc(Cl)cc3)c(Cl)c2)C(=O)N1CC. The van der Waals surface area contributed by atoms with Crippen molar-refractivity contribution in [3.63, 3.8) is 0 Å². The molecule has 0 saturated carbocycles. The molecule has 0 aromatic heterocycles. The van der Waals surface area contributed by atoms with Gasteiger partial charge in [0.25, 0.3) is 5.91 Å². The second-order valence-electron chi connectivity index (χ2n) is 6.15. The van der Waals surface area contributed by atoms with E-state index in [0.717, 1.165) is 11.1 Å². The number of halogens is 3. The van der Waals surface area contributed by atoms with Crippen molar-refractivity contribution in [2.75, 3.05) is 13.1 Å². The highest BCUT2D eigenvalue weighted by atomic mass is 35.5. The van der Waals surface area contributed by atoms with E-state index in [1.54, 1.807) is 35.2 Å². The van der Waals surface area contributed by atoms with Crippen LogP contribution in [-0.2, 0) is 11.4 Å². The summed E-state index contributed by atoms with van der Waals surface area (Å²) in [7, 11) is 0. The fraction of sp³-hybridized carbons (Fsp3) is 0.238. The van der Waals surface area contributed by atoms with Crippen LogP contribution in [0.3, 0.4) is 0 Å². The third kappa shape index (κ3) is 5.28. The highest BCUT2D eigenvalue weighted by Gasteiger charge is 2.31. The maximum absolute atomic E-state index is 12.6. The van der Waals surface area contributed by atoms with Crippen LogP contribution in [0.15, 0.2) is 46.3 Å². The van der Waals surface area contributed by atoms with Crippen LogP contribution in [0, 0.1) is 0 Å². The molecule has 1 amide bonds. The monoisotopic (exact) mass is 468 g/mol. The quantitative estimate of drug-likeness (QED) is 0.451. The van der Waals surface area contributed by atoms with Crippen molar-refractivity contribution in [1.29, 1.82) is 0 Å². The number of carbonyl (C=O) groups is 1. The lowest BCUT2D eigenvalue weighted by Gasteiger charge is -2.12. The fourth-order valence-electron chi connectivity index (χ4n) is 2.73. The molecule has 2 aromatic rings. The van der Waals surface area contributed by atoms with E-state index >= 15 is 0 Å². The first-order chi connectivity index (χ1) is 13.9. The van der Waals surface area contributed by atoms with Gasteiger partial charge in [0, 0.05) is 18.1 Å². The standard InChI is InChI=1S/C21H19Cl3N2O2S/c1-3-25-21-26(4-2)20(27)18(29-21)11-14-9-16(23)19(17(24)10-14)28-12-13-5-7-15(22)8-6-13/h5-11H,3-4,12H2,1-2H3/b18-11-,25-21?. The van der Waals surface area contributed by atoms with Gasteiger partial charge in [-0.2, -0.15) is 0 Å². The van der Waals surface area contributed by atoms with Gasteiger partial charge in [-0.05, 0) is 67.1 Å². The van der Waals surface area contributed by atoms with Crippen molar-refractivity contribution in [2.45, 2.75) is 20.5 Å². The van der Waals surface area contributed by atoms with Gasteiger partial charge < -0.3 is 4.74 Å². The Morgan fingerprint density at radius 1 is 1.10 bits per heavy atom. The van der Waals surface area contributed by atoms with Gasteiger partial charge in [0.15, 0.2) is 10.9 Å². The molecule has 2 aromatic carbocycles. The maximum Gasteiger partial charge on any atom is 0.266 e. The zero-order chi connectivity index (χ0) is 21.0. The smallest absolute Gasteiger partial charge is 0.266 e. The minimum absolute atomic E-state index is 0.0694. The average Bonchev–Trinajstić information content (AvgIpc) is 2.97. The minimum Gasteiger partial charge on any atom is -0.486 e. The number of rotatable bonds is 6. The lowest BCUT2D eigenvalue weighted by atomic mass is 10.2. The molecule has 0 spiro atoms. The lowest BCUT2D eigenvalue weighted by molar-refractivity contribution is -0.122. The van der Waals surface area contributed by atoms with E-state index in [9.17, 15) is 4.79 Å². The van der Waals surface area contributed by atoms with E-state index in [1.165, 1.54) is 11.8 Å². The second kappa shape index (κ2) is 9.90. The van der Waals surface area contributed by atoms with E-state index < -0.39 is 0 Å². The molecule has 1 heterocycles. The Morgan fingerprint density at radius 2 is 1.76 bits per heavy atom. The maximum atomic E-state index is 12.6. The van der Waals surface area contributed by atoms with Crippen molar-refractivity contribution in [1.82, 2.24) is 4.90 Å². The topological polar surface area (TPSA) is 41.9 Å². The Labute approximate surface area is 189 Å². The van der Waals surface area contributed by atoms with Crippen molar-refractivity contribution in [2.24, 2.45) is 4.99 Å². The third-order valence-electron chi connectivity index (χ3n) is 4.11. The zero-order valence-corrected chi connectivity index (χ0v) is 19.0. The Morgan fingerprint density at radius 3 is 2.34 bits per heavy atom. The number of hydrogen-bond acceptors (Lipinski definition) is 4. The molecule has 0 radical (unpaired) electrons. The van der Waals surface area contributed by atoms with Gasteiger partial charge in [-0.15, -0.1) is 0 Å². The van der Waals surface area contributed by atoms with Gasteiger partial charge in [0.2, 0.25) is 0 Å². The summed E-state index contributed by atoms with van der Waals surface area (Å²) >= 11 is 20.0. The molecule has 152 valence electrons. The largest absolute Gasteiger partial charge is 0.486 e. The van der Waals surface area contributed by atoms with Gasteiger partial charge in [0.05, 0.1) is 15.0 Å². The second-order valence-corrected chi connectivity index (χ2v) is 8.41. The summed E-state index contributed by atoms with van der Waals surface area (Å²) in [5, 5.41) is 2.13. The molecule has 8 heteroatoms. The van der Waals surface area contributed by atoms with Gasteiger partial charge in [0.1, 0.15) is 6.61 Å². The van der Waals surface area contributed by atoms with Gasteiger partial charge in [-0.1, -0.05) is 46.9 Å². The van der Waals surface area contributed by atoms with Crippen molar-refractivity contribution >= 4 is 63.7 Å². The number of amides is 1. The van der Waals surface area contributed by atoms with Crippen LogP contribution in [0.4, 0.5) is 0 Å². The number of likely N-dealkylation sites (N-methyl/N-ethyl adjacent to an activating group) is 1. The molecule has 0 N–H and O–H groups in total. The first-order valence-corrected chi connectivity index (χ1v) is 11.0. The Bertz CT molecular complexity index is 951. The molecule has 1 saturated heterocycles. The molecule has 0 atom stereocenters. The summed E-state index contributed by atoms with van der Waals surface area (Å²) in [6.45, 7) is 5.37. The summed E-state index contributed by atoms with van der Waals surface area (Å²) in [6, 6.07) is 10.8. The van der Waals surface area contributed by atoms with Gasteiger partial charge >= 0.3 is 0 Å². The predicted octanol–water partition coefficient (Wildman–Crippen LogP) is 6.54. The number of nitrogens with zero attached hydrogens (tertiary/aromatic N) is 2. The molecule has 0 unspecified atom stereocenters. The molecule has 1 aliphatic heterocycles. The first-order valence-electron chi connectivity index (χ1n) is 9.05. The number of thioether (sulfide) groups is 1. The number of amidine groups is 1. The number of hydrogen-bond donors (Lipinski definition) is 0. The first kappa shape index (κ1) is 22.0. The van der Waals surface area contributed by atoms with Crippen LogP contribution in [0.5, 0.6) is 5.75 Å². The molecule has 0 bridgehead atoms. The highest BCUT2D eigenvalue weighted by Crippen LogP contribution is 2.37. The number of aliphatic imine (C=N–C) groups is 1. The Hall–Kier alpha value is -1.66. The van der Waals surface area contributed by atoms with Crippen molar-refractivity contribution in [3.8, 4) is 5.75 Å². The predicted molar refractivity (Wildman–Crippen MR) is 123 cm³/mol. The van der Waals surface area contributed by atoms with Gasteiger partial charge in [-0.25, -0.2) is 0 Å². The van der Waals surface area contributed by atoms with Crippen LogP contribution in [-0.4, -0.2) is 29.1 Å². The van der Waals surface area contributed by atoms with Crippen LogP contribution in [0.2, 0.25) is 15.1 Å². The van der Waals surface area contributed by atoms with E-state index in [-0.39, 0.29) is 5.91 Å². The third-order valence-corrected chi connectivity index (χ3v) is 5.97. The van der Waals surface area contributed by atoms with Gasteiger partial charge in [-0.3, -0.25) is 14.7 Å². The van der Waals surface area contributed by atoms with Crippen molar-refractivity contribution < 1.29 is 9.53 Å². The Kier molecular flexibility index (Phi) is 7.52. The summed E-state index contributed by atoms with van der Waals surface area (Å²) in [5.41, 5.74) is 1.67. The van der Waals surface area contributed by atoms with Crippen LogP contribution in [0.1, 0.15) is 25.0 Å². The molecular weight excluding hydrogens is 451 g/mol. The number of benzene rings is 2. The highest BCUT2D eigenvalue weighted by molar-refractivity contribution is 8.18. The molecular formula is C21H19Cl3N2O2S. The molecule has 3 rings (SSSR count). The molecule has 29 heavy (non-hydrogen) atoms. The zero-order valence-electron chi connectivity index (χ0n) is 15.9. The molecule has 1 fully saturated rings. The van der Waals surface area contributed by atoms with Crippen LogP contribution in [0.25, 0.3) is 6.08 Å². The number of carbonyl (C=O) groups excluding carboxylic acids is 1. The molecule has 0 aliphatic carbocycles. The fourth-order valence-corrected chi connectivity index (χ4v) is 4.57. The van der Waals surface area contributed by atoms with Crippen LogP contribution < -0.4 is 4.74 Å². The lowest BCUT2D eigenvalue weighted by Crippen LogP contribution is -2.28.